The zero-order valence-corrected chi connectivity index (χ0v) is 7.13. The Hall–Kier alpha value is -0.610. The van der Waals surface area contributed by atoms with Crippen LogP contribution in [0.2, 0.25) is 0 Å². The van der Waals surface area contributed by atoms with Gasteiger partial charge in [-0.25, -0.2) is 0 Å². The van der Waals surface area contributed by atoms with Gasteiger partial charge in [0.05, 0.1) is 18.6 Å². The second kappa shape index (κ2) is 3.19. The molecule has 1 amide bonds. The topological polar surface area (TPSA) is 60.0 Å². The molecule has 0 spiro atoms. The molecule has 4 N–H and O–H groups in total. The van der Waals surface area contributed by atoms with Crippen molar-refractivity contribution in [1.29, 1.82) is 0 Å². The van der Waals surface area contributed by atoms with E-state index in [9.17, 15) is 4.79 Å². The number of carbonyl (C=O) groups is 1. The molecule has 0 aromatic heterocycles. The summed E-state index contributed by atoms with van der Waals surface area (Å²) in [5, 5.41) is 2.65. The highest BCUT2D eigenvalue weighted by atomic mass is 16.2. The number of hydrogen-bond donors (Lipinski definition) is 2. The van der Waals surface area contributed by atoms with Crippen molar-refractivity contribution in [3.63, 3.8) is 0 Å². The van der Waals surface area contributed by atoms with Gasteiger partial charge in [-0.05, 0) is 7.05 Å². The van der Waals surface area contributed by atoms with E-state index in [1.807, 2.05) is 7.05 Å². The monoisotopic (exact) mass is 158 g/mol. The number of likely N-dealkylation sites (N-methyl/N-ethyl adjacent to an activating group) is 2. The molecule has 4 heteroatoms. The smallest absolute Gasteiger partial charge is 0.237 e. The van der Waals surface area contributed by atoms with Crippen LogP contribution in [0.1, 0.15) is 6.42 Å². The largest absolute Gasteiger partial charge is 0.358 e. The van der Waals surface area contributed by atoms with Gasteiger partial charge in [0.25, 0.3) is 0 Å². The zero-order valence-electron chi connectivity index (χ0n) is 7.13. The fourth-order valence-corrected chi connectivity index (χ4v) is 1.58. The summed E-state index contributed by atoms with van der Waals surface area (Å²) >= 11 is 0. The van der Waals surface area contributed by atoms with Gasteiger partial charge in [-0.3, -0.25) is 9.69 Å². The maximum absolute atomic E-state index is 11.2. The van der Waals surface area contributed by atoms with Crippen LogP contribution in [-0.2, 0) is 4.79 Å². The molecular weight excluding hydrogens is 142 g/mol. The van der Waals surface area contributed by atoms with Gasteiger partial charge in [0.1, 0.15) is 0 Å². The lowest BCUT2D eigenvalue weighted by Gasteiger charge is -2.15. The summed E-state index contributed by atoms with van der Waals surface area (Å²) in [7, 11) is 3.64. The number of nitrogens with one attached hydrogen (secondary N) is 1. The average Bonchev–Trinajstić information content (AvgIpc) is 2.28. The normalized spacial score (nSPS) is 32.3. The van der Waals surface area contributed by atoms with Crippen LogP contribution >= 0.6 is 0 Å². The second-order valence-electron chi connectivity index (χ2n) is 3.17. The lowest BCUT2D eigenvalue weighted by Crippen LogP contribution is -2.61. The highest BCUT2D eigenvalue weighted by Gasteiger charge is 2.33. The first-order chi connectivity index (χ1) is 5.15. The molecule has 0 radical (unpaired) electrons. The number of quaternary nitrogens is 1. The van der Waals surface area contributed by atoms with Crippen LogP contribution in [0.15, 0.2) is 0 Å². The molecule has 1 fully saturated rings. The molecule has 2 atom stereocenters. The Kier molecular flexibility index (Phi) is 2.46. The maximum atomic E-state index is 11.2. The van der Waals surface area contributed by atoms with E-state index in [1.165, 1.54) is 0 Å². The Balaban J connectivity index is 2.52. The van der Waals surface area contributed by atoms with Gasteiger partial charge in [-0.1, -0.05) is 0 Å². The fraction of sp³-hybridized carbons (Fsp3) is 0.857. The molecule has 1 aliphatic heterocycles. The number of carbonyl (C=O) groups excluding carboxylic acids is 1. The predicted octanol–water partition coefficient (Wildman–Crippen LogP) is -1.95. The van der Waals surface area contributed by atoms with Crippen molar-refractivity contribution < 1.29 is 10.5 Å². The van der Waals surface area contributed by atoms with Gasteiger partial charge in [-0.2, -0.15) is 0 Å². The van der Waals surface area contributed by atoms with E-state index in [4.69, 9.17) is 0 Å². The number of amides is 1. The summed E-state index contributed by atoms with van der Waals surface area (Å²) in [6.45, 7) is 0.929. The SMILES string of the molecule is CNC(=O)[C@@H]1CC([NH3+])CN1C. The van der Waals surface area contributed by atoms with Crippen LogP contribution < -0.4 is 11.1 Å². The molecule has 0 bridgehead atoms. The minimum atomic E-state index is 0.0440. The van der Waals surface area contributed by atoms with E-state index < -0.39 is 0 Å². The summed E-state index contributed by atoms with van der Waals surface area (Å²) in [6.07, 6.45) is 0.885. The van der Waals surface area contributed by atoms with Crippen LogP contribution in [0.4, 0.5) is 0 Å². The third-order valence-corrected chi connectivity index (χ3v) is 2.18. The van der Waals surface area contributed by atoms with E-state index >= 15 is 0 Å². The Bertz CT molecular complexity index is 160. The molecule has 0 aromatic carbocycles. The van der Waals surface area contributed by atoms with E-state index in [2.05, 4.69) is 16.0 Å². The number of hydrogen-bond acceptors (Lipinski definition) is 2. The van der Waals surface area contributed by atoms with Crippen LogP contribution in [-0.4, -0.2) is 43.5 Å². The number of likely N-dealkylation sites (tertiary alicyclic amines) is 1. The van der Waals surface area contributed by atoms with E-state index in [0.29, 0.717) is 6.04 Å². The first-order valence-corrected chi connectivity index (χ1v) is 3.90. The van der Waals surface area contributed by atoms with Gasteiger partial charge in [-0.15, -0.1) is 0 Å². The van der Waals surface area contributed by atoms with Gasteiger partial charge in [0.15, 0.2) is 0 Å². The zero-order chi connectivity index (χ0) is 8.43. The number of nitrogens with zero attached hydrogens (tertiary/aromatic N) is 1. The van der Waals surface area contributed by atoms with Crippen LogP contribution in [0.3, 0.4) is 0 Å². The van der Waals surface area contributed by atoms with Crippen molar-refractivity contribution in [3.05, 3.63) is 0 Å². The molecular formula is C7H16N3O+. The number of rotatable bonds is 1. The van der Waals surface area contributed by atoms with Crippen LogP contribution in [0, 0.1) is 0 Å². The van der Waals surface area contributed by atoms with Crippen LogP contribution in [0.5, 0.6) is 0 Å². The summed E-state index contributed by atoms with van der Waals surface area (Å²) < 4.78 is 0. The molecule has 1 saturated heterocycles. The van der Waals surface area contributed by atoms with Crippen molar-refractivity contribution in [2.75, 3.05) is 20.6 Å². The average molecular weight is 158 g/mol. The Morgan fingerprint density at radius 2 is 2.36 bits per heavy atom. The molecule has 1 unspecified atom stereocenters. The summed E-state index contributed by atoms with van der Waals surface area (Å²) in [5.41, 5.74) is 3.93. The minimum Gasteiger partial charge on any atom is -0.358 e. The Morgan fingerprint density at radius 1 is 1.73 bits per heavy atom. The summed E-state index contributed by atoms with van der Waals surface area (Å²) in [6, 6.07) is 0.449. The summed E-state index contributed by atoms with van der Waals surface area (Å²) in [4.78, 5) is 13.2. The van der Waals surface area contributed by atoms with Crippen LogP contribution in [0.25, 0.3) is 0 Å². The standard InChI is InChI=1S/C7H15N3O/c1-9-7(11)6-3-5(8)4-10(6)2/h5-6H,3-4,8H2,1-2H3,(H,9,11)/p+1/t5?,6-/m0/s1. The summed E-state index contributed by atoms with van der Waals surface area (Å²) in [5.74, 6) is 0.110. The maximum Gasteiger partial charge on any atom is 0.237 e. The molecule has 1 heterocycles. The molecule has 0 aliphatic carbocycles. The first kappa shape index (κ1) is 8.49. The first-order valence-electron chi connectivity index (χ1n) is 3.90. The van der Waals surface area contributed by atoms with Gasteiger partial charge >= 0.3 is 0 Å². The molecule has 0 saturated carbocycles. The predicted molar refractivity (Wildman–Crippen MR) is 41.8 cm³/mol. The quantitative estimate of drug-likeness (QED) is 0.466. The molecule has 11 heavy (non-hydrogen) atoms. The van der Waals surface area contributed by atoms with Gasteiger partial charge in [0.2, 0.25) is 5.91 Å². The van der Waals surface area contributed by atoms with Gasteiger partial charge in [0, 0.05) is 13.5 Å². The highest BCUT2D eigenvalue weighted by Crippen LogP contribution is 2.12. The molecule has 1 aliphatic rings. The molecule has 1 rings (SSSR count). The lowest BCUT2D eigenvalue weighted by molar-refractivity contribution is -0.414. The van der Waals surface area contributed by atoms with Gasteiger partial charge < -0.3 is 11.1 Å². The van der Waals surface area contributed by atoms with Crippen molar-refractivity contribution in [3.8, 4) is 0 Å². The second-order valence-corrected chi connectivity index (χ2v) is 3.17. The van der Waals surface area contributed by atoms with E-state index in [0.717, 1.165) is 13.0 Å². The fourth-order valence-electron chi connectivity index (χ4n) is 1.58. The highest BCUT2D eigenvalue weighted by molar-refractivity contribution is 5.81. The Labute approximate surface area is 66.7 Å². The van der Waals surface area contributed by atoms with E-state index in [-0.39, 0.29) is 11.9 Å². The van der Waals surface area contributed by atoms with Crippen molar-refractivity contribution >= 4 is 5.91 Å². The van der Waals surface area contributed by atoms with E-state index in [1.54, 1.807) is 7.05 Å². The molecule has 64 valence electrons. The lowest BCUT2D eigenvalue weighted by atomic mass is 10.2. The molecule has 4 nitrogen and oxygen atoms in total. The Morgan fingerprint density at radius 3 is 2.73 bits per heavy atom. The van der Waals surface area contributed by atoms with Crippen molar-refractivity contribution in [2.24, 2.45) is 0 Å². The third-order valence-electron chi connectivity index (χ3n) is 2.18. The molecule has 0 aromatic rings. The van der Waals surface area contributed by atoms with Crippen molar-refractivity contribution in [2.45, 2.75) is 18.5 Å². The minimum absolute atomic E-state index is 0.0440. The third kappa shape index (κ3) is 1.70. The van der Waals surface area contributed by atoms with Crippen molar-refractivity contribution in [1.82, 2.24) is 10.2 Å².